The highest BCUT2D eigenvalue weighted by Gasteiger charge is 2.26. The van der Waals surface area contributed by atoms with Gasteiger partial charge in [-0.25, -0.2) is 0 Å². The van der Waals surface area contributed by atoms with Crippen molar-refractivity contribution in [3.8, 4) is 0 Å². The van der Waals surface area contributed by atoms with Gasteiger partial charge < -0.3 is 0 Å². The van der Waals surface area contributed by atoms with E-state index in [2.05, 4.69) is 41.5 Å². The number of alkyl halides is 1. The molecule has 116 valence electrons. The summed E-state index contributed by atoms with van der Waals surface area (Å²) >= 11 is 6.70. The van der Waals surface area contributed by atoms with Gasteiger partial charge in [-0.1, -0.05) is 53.1 Å². The second-order valence-electron chi connectivity index (χ2n) is 5.19. The topological polar surface area (TPSA) is 24.7 Å². The molecule has 19 heavy (non-hydrogen) atoms. The van der Waals surface area contributed by atoms with Crippen molar-refractivity contribution in [1.82, 2.24) is 0 Å². The standard InChI is InChI=1S/C14H33ClN2P2/c1-8-18(9-2,10-3)16-14(7,15)17-19(11-4,12-5)13-6/h8-13H2,1-7H3. The SMILES string of the molecule is CCP(CC)(CC)=NC(C)(Cl)N=P(CC)(CC)CC. The van der Waals surface area contributed by atoms with Crippen LogP contribution in [0.2, 0.25) is 0 Å². The predicted molar refractivity (Wildman–Crippen MR) is 96.2 cm³/mol. The summed E-state index contributed by atoms with van der Waals surface area (Å²) in [5, 5.41) is -0.703. The molecule has 0 aliphatic heterocycles. The number of nitrogens with zero attached hydrogens (tertiary/aromatic N) is 2. The molecule has 0 aromatic heterocycles. The molecular formula is C14H33ClN2P2. The average Bonchev–Trinajstić information content (AvgIpc) is 2.42. The van der Waals surface area contributed by atoms with E-state index in [0.29, 0.717) is 0 Å². The maximum atomic E-state index is 6.70. The van der Waals surface area contributed by atoms with Gasteiger partial charge in [-0.3, -0.25) is 9.49 Å². The van der Waals surface area contributed by atoms with E-state index in [1.54, 1.807) is 0 Å². The fourth-order valence-electron chi connectivity index (χ4n) is 2.56. The third kappa shape index (κ3) is 5.56. The van der Waals surface area contributed by atoms with E-state index in [1.807, 2.05) is 6.92 Å². The van der Waals surface area contributed by atoms with E-state index in [9.17, 15) is 0 Å². The molecule has 0 atom stereocenters. The third-order valence-electron chi connectivity index (χ3n) is 4.32. The van der Waals surface area contributed by atoms with E-state index < -0.39 is 19.2 Å². The van der Waals surface area contributed by atoms with Crippen LogP contribution in [0, 0.1) is 0 Å². The number of hydrogen-bond donors (Lipinski definition) is 0. The van der Waals surface area contributed by atoms with Crippen molar-refractivity contribution < 1.29 is 0 Å². The Balaban J connectivity index is 5.74. The van der Waals surface area contributed by atoms with E-state index in [4.69, 9.17) is 21.1 Å². The number of halogens is 1. The first-order valence-electron chi connectivity index (χ1n) is 7.68. The molecule has 0 saturated heterocycles. The molecule has 0 spiro atoms. The Morgan fingerprint density at radius 1 is 0.684 bits per heavy atom. The van der Waals surface area contributed by atoms with Crippen molar-refractivity contribution in [1.29, 1.82) is 0 Å². The highest BCUT2D eigenvalue weighted by Crippen LogP contribution is 2.56. The number of hydrogen-bond acceptors (Lipinski definition) is 2. The summed E-state index contributed by atoms with van der Waals surface area (Å²) in [6, 6.07) is 0. The quantitative estimate of drug-likeness (QED) is 0.279. The Kier molecular flexibility index (Phi) is 8.58. The average molecular weight is 327 g/mol. The lowest BCUT2D eigenvalue weighted by Gasteiger charge is -2.29. The van der Waals surface area contributed by atoms with Gasteiger partial charge in [0.15, 0.2) is 0 Å². The Labute approximate surface area is 126 Å². The molecule has 2 nitrogen and oxygen atoms in total. The number of rotatable bonds is 8. The highest BCUT2D eigenvalue weighted by molar-refractivity contribution is 7.67. The summed E-state index contributed by atoms with van der Waals surface area (Å²) in [5.74, 6) is 0. The molecule has 0 rings (SSSR count). The fourth-order valence-corrected chi connectivity index (χ4v) is 8.76. The zero-order chi connectivity index (χ0) is 15.2. The smallest absolute Gasteiger partial charge is 0.219 e. The monoisotopic (exact) mass is 326 g/mol. The maximum Gasteiger partial charge on any atom is 0.219 e. The first-order valence-corrected chi connectivity index (χ1v) is 12.6. The van der Waals surface area contributed by atoms with E-state index >= 15 is 0 Å². The van der Waals surface area contributed by atoms with Crippen LogP contribution in [0.4, 0.5) is 0 Å². The summed E-state index contributed by atoms with van der Waals surface area (Å²) < 4.78 is 10.1. The van der Waals surface area contributed by atoms with Crippen molar-refractivity contribution in [3.05, 3.63) is 0 Å². The second-order valence-corrected chi connectivity index (χ2v) is 14.5. The maximum absolute atomic E-state index is 6.70. The van der Waals surface area contributed by atoms with Crippen LogP contribution in [0.25, 0.3) is 0 Å². The molecule has 0 aromatic rings. The van der Waals surface area contributed by atoms with Gasteiger partial charge in [0.25, 0.3) is 0 Å². The van der Waals surface area contributed by atoms with Crippen LogP contribution in [0.3, 0.4) is 0 Å². The summed E-state index contributed by atoms with van der Waals surface area (Å²) in [5.41, 5.74) is 0. The molecule has 0 aromatic carbocycles. The molecule has 0 unspecified atom stereocenters. The Bertz CT molecular complexity index is 304. The van der Waals surface area contributed by atoms with Crippen molar-refractivity contribution in [2.75, 3.05) is 37.0 Å². The summed E-state index contributed by atoms with van der Waals surface area (Å²) in [6.45, 7) is 15.5. The lowest BCUT2D eigenvalue weighted by Crippen LogP contribution is -2.12. The van der Waals surface area contributed by atoms with Crippen LogP contribution in [-0.2, 0) is 0 Å². The zero-order valence-corrected chi connectivity index (χ0v) is 16.5. The fraction of sp³-hybridized carbons (Fsp3) is 1.00. The molecule has 0 N–H and O–H groups in total. The second kappa shape index (κ2) is 8.26. The lowest BCUT2D eigenvalue weighted by atomic mass is 10.6. The minimum absolute atomic E-state index is 0.703. The van der Waals surface area contributed by atoms with Gasteiger partial charge in [0, 0.05) is 0 Å². The van der Waals surface area contributed by atoms with Gasteiger partial charge >= 0.3 is 0 Å². The van der Waals surface area contributed by atoms with E-state index in [-0.39, 0.29) is 0 Å². The van der Waals surface area contributed by atoms with Crippen molar-refractivity contribution in [3.63, 3.8) is 0 Å². The van der Waals surface area contributed by atoms with Crippen LogP contribution in [0.15, 0.2) is 9.49 Å². The van der Waals surface area contributed by atoms with Crippen LogP contribution >= 0.6 is 25.7 Å². The highest BCUT2D eigenvalue weighted by atomic mass is 35.5. The molecule has 0 aliphatic rings. The van der Waals surface area contributed by atoms with Crippen LogP contribution < -0.4 is 0 Å². The minimum atomic E-state index is -1.26. The first kappa shape index (κ1) is 19.8. The molecule has 0 radical (unpaired) electrons. The van der Waals surface area contributed by atoms with Gasteiger partial charge in [0.1, 0.15) is 0 Å². The predicted octanol–water partition coefficient (Wildman–Crippen LogP) is 6.42. The van der Waals surface area contributed by atoms with Gasteiger partial charge in [-0.2, -0.15) is 0 Å². The molecule has 5 heteroatoms. The van der Waals surface area contributed by atoms with Gasteiger partial charge in [-0.15, -0.1) is 0 Å². The van der Waals surface area contributed by atoms with Gasteiger partial charge in [0.2, 0.25) is 5.12 Å². The molecule has 0 heterocycles. The van der Waals surface area contributed by atoms with Crippen molar-refractivity contribution in [2.24, 2.45) is 9.49 Å². The lowest BCUT2D eigenvalue weighted by molar-refractivity contribution is 0.720. The normalized spacial score (nSPS) is 13.5. The summed E-state index contributed by atoms with van der Waals surface area (Å²) in [6.07, 6.45) is 6.88. The Hall–Kier alpha value is 0.750. The molecule has 0 bridgehead atoms. The Morgan fingerprint density at radius 3 is 1.05 bits per heavy atom. The van der Waals surface area contributed by atoms with Crippen LogP contribution in [0.5, 0.6) is 0 Å². The molecule has 0 fully saturated rings. The van der Waals surface area contributed by atoms with Gasteiger partial charge in [-0.05, 0) is 58.0 Å². The minimum Gasteiger partial charge on any atom is -0.259 e. The Morgan fingerprint density at radius 2 is 0.895 bits per heavy atom. The molecule has 0 saturated carbocycles. The van der Waals surface area contributed by atoms with Gasteiger partial charge in [0.05, 0.1) is 0 Å². The van der Waals surface area contributed by atoms with Crippen LogP contribution in [-0.4, -0.2) is 42.1 Å². The first-order chi connectivity index (χ1) is 8.78. The van der Waals surface area contributed by atoms with Crippen molar-refractivity contribution >= 4 is 25.7 Å². The molecular weight excluding hydrogens is 294 g/mol. The molecule has 0 amide bonds. The summed E-state index contributed by atoms with van der Waals surface area (Å²) in [7, 11) is -2.52. The van der Waals surface area contributed by atoms with Crippen LogP contribution in [0.1, 0.15) is 48.5 Å². The van der Waals surface area contributed by atoms with E-state index in [0.717, 1.165) is 37.0 Å². The third-order valence-corrected chi connectivity index (χ3v) is 13.4. The summed E-state index contributed by atoms with van der Waals surface area (Å²) in [4.78, 5) is 0. The van der Waals surface area contributed by atoms with E-state index in [1.165, 1.54) is 0 Å². The molecule has 0 aliphatic carbocycles. The largest absolute Gasteiger partial charge is 0.259 e. The van der Waals surface area contributed by atoms with Crippen molar-refractivity contribution in [2.45, 2.75) is 53.6 Å². The zero-order valence-electron chi connectivity index (χ0n) is 13.9.